The molecule has 0 unspecified atom stereocenters. The van der Waals surface area contributed by atoms with Crippen LogP contribution in [0.3, 0.4) is 0 Å². The van der Waals surface area contributed by atoms with Crippen molar-refractivity contribution in [1.29, 1.82) is 0 Å². The van der Waals surface area contributed by atoms with Crippen LogP contribution in [-0.4, -0.2) is 32.6 Å². The molecule has 164 valence electrons. The van der Waals surface area contributed by atoms with Crippen LogP contribution >= 0.6 is 11.6 Å². The van der Waals surface area contributed by atoms with Gasteiger partial charge in [-0.15, -0.1) is 10.2 Å². The summed E-state index contributed by atoms with van der Waals surface area (Å²) in [7, 11) is 0. The molecule has 0 fully saturated rings. The van der Waals surface area contributed by atoms with Crippen molar-refractivity contribution in [2.24, 2.45) is 5.92 Å². The summed E-state index contributed by atoms with van der Waals surface area (Å²) < 4.78 is 32.6. The number of carbonyl (C=O) groups is 1. The molecule has 0 saturated heterocycles. The molecule has 1 aromatic heterocycles. The molecule has 0 aliphatic carbocycles. The lowest BCUT2D eigenvalue weighted by Crippen LogP contribution is -2.31. The minimum Gasteiger partial charge on any atom is -0.431 e. The molecule has 0 aliphatic rings. The van der Waals surface area contributed by atoms with Crippen molar-refractivity contribution >= 4 is 23.2 Å². The van der Waals surface area contributed by atoms with Crippen molar-refractivity contribution in [2.45, 2.75) is 39.8 Å². The third-order valence-electron chi connectivity index (χ3n) is 4.62. The van der Waals surface area contributed by atoms with Gasteiger partial charge in [0.25, 0.3) is 0 Å². The summed E-state index contributed by atoms with van der Waals surface area (Å²) in [5.41, 5.74) is 1.99. The topological polar surface area (TPSA) is 84.0 Å². The number of benzene rings is 2. The number of hydrogen-bond donors (Lipinski definition) is 1. The number of nitrogens with one attached hydrogen (secondary N) is 1. The Kier molecular flexibility index (Phi) is 6.84. The van der Waals surface area contributed by atoms with Gasteiger partial charge in [0, 0.05) is 17.7 Å². The Balaban J connectivity index is 1.86. The lowest BCUT2D eigenvalue weighted by atomic mass is 10.1. The van der Waals surface area contributed by atoms with Crippen LogP contribution in [-0.2, 0) is 11.3 Å². The number of aromatic nitrogens is 4. The van der Waals surface area contributed by atoms with E-state index < -0.39 is 12.0 Å². The summed E-state index contributed by atoms with van der Waals surface area (Å²) in [6, 6.07) is 11.7. The average Bonchev–Trinajstić information content (AvgIpc) is 3.28. The molecule has 3 aromatic rings. The number of amides is 1. The summed E-state index contributed by atoms with van der Waals surface area (Å²) in [5, 5.41) is 13.9. The molecule has 0 atom stereocenters. The summed E-state index contributed by atoms with van der Waals surface area (Å²) >= 11 is 6.19. The first kappa shape index (κ1) is 22.6. The molecule has 1 amide bonds. The van der Waals surface area contributed by atoms with Gasteiger partial charge in [-0.25, -0.2) is 0 Å². The number of alkyl halides is 2. The Bertz CT molecular complexity index is 1040. The predicted octanol–water partition coefficient (Wildman–Crippen LogP) is 5.09. The van der Waals surface area contributed by atoms with E-state index in [4.69, 9.17) is 16.3 Å². The summed E-state index contributed by atoms with van der Waals surface area (Å²) in [6.45, 7) is 4.68. The fourth-order valence-corrected chi connectivity index (χ4v) is 3.03. The zero-order valence-corrected chi connectivity index (χ0v) is 18.0. The zero-order chi connectivity index (χ0) is 22.6. The van der Waals surface area contributed by atoms with E-state index in [1.807, 2.05) is 0 Å². The fraction of sp³-hybridized carbons (Fsp3) is 0.333. The Labute approximate surface area is 183 Å². The zero-order valence-electron chi connectivity index (χ0n) is 17.3. The normalized spacial score (nSPS) is 11.6. The maximum absolute atomic E-state index is 13.9. The number of tetrazole rings is 1. The summed E-state index contributed by atoms with van der Waals surface area (Å²) in [6.07, 6.45) is -3.06. The van der Waals surface area contributed by atoms with Crippen LogP contribution < -0.4 is 9.64 Å². The monoisotopic (exact) mass is 449 g/mol. The molecule has 0 radical (unpaired) electrons. The standard InChI is InChI=1S/C21H22ClF2N5O2/c1-4-19(30)29(16-7-5-6-15(11-16)20-25-27-28-26-20)12-14-8-9-18(17(22)10-14)31-21(23,24)13(2)3/h5-11,13H,4,12H2,1-3H3,(H,25,26,27,28). The number of carbonyl (C=O) groups excluding carboxylic acids is 1. The Morgan fingerprint density at radius 2 is 2.03 bits per heavy atom. The lowest BCUT2D eigenvalue weighted by Gasteiger charge is -2.24. The molecule has 7 nitrogen and oxygen atoms in total. The van der Waals surface area contributed by atoms with Gasteiger partial charge in [-0.3, -0.25) is 4.79 Å². The molecule has 0 spiro atoms. The number of aromatic amines is 1. The van der Waals surface area contributed by atoms with Crippen molar-refractivity contribution < 1.29 is 18.3 Å². The molecule has 0 bridgehead atoms. The molecular formula is C21H22ClF2N5O2. The number of rotatable bonds is 8. The van der Waals surface area contributed by atoms with Crippen LogP contribution in [0.5, 0.6) is 5.75 Å². The maximum Gasteiger partial charge on any atom is 0.400 e. The van der Waals surface area contributed by atoms with E-state index in [0.29, 0.717) is 22.6 Å². The van der Waals surface area contributed by atoms with Gasteiger partial charge in [0.05, 0.1) is 17.5 Å². The van der Waals surface area contributed by atoms with Gasteiger partial charge >= 0.3 is 6.11 Å². The quantitative estimate of drug-likeness (QED) is 0.517. The second kappa shape index (κ2) is 9.38. The van der Waals surface area contributed by atoms with Crippen LogP contribution in [0.4, 0.5) is 14.5 Å². The smallest absolute Gasteiger partial charge is 0.400 e. The highest BCUT2D eigenvalue weighted by molar-refractivity contribution is 6.32. The lowest BCUT2D eigenvalue weighted by molar-refractivity contribution is -0.207. The van der Waals surface area contributed by atoms with Gasteiger partial charge in [0.2, 0.25) is 11.7 Å². The summed E-state index contributed by atoms with van der Waals surface area (Å²) in [5.74, 6) is -0.835. The number of anilines is 1. The minimum absolute atomic E-state index is 0.0438. The highest BCUT2D eigenvalue weighted by Crippen LogP contribution is 2.34. The Morgan fingerprint density at radius 1 is 1.26 bits per heavy atom. The SMILES string of the molecule is CCC(=O)N(Cc1ccc(OC(F)(F)C(C)C)c(Cl)c1)c1cccc(-c2nn[nH]n2)c1. The van der Waals surface area contributed by atoms with Crippen molar-refractivity contribution in [3.05, 3.63) is 53.1 Å². The number of ether oxygens (including phenoxy) is 1. The maximum atomic E-state index is 13.9. The van der Waals surface area contributed by atoms with Crippen LogP contribution in [0.1, 0.15) is 32.8 Å². The van der Waals surface area contributed by atoms with Gasteiger partial charge in [-0.2, -0.15) is 14.0 Å². The first-order valence-corrected chi connectivity index (χ1v) is 10.1. The molecule has 10 heteroatoms. The second-order valence-electron chi connectivity index (χ2n) is 7.20. The Morgan fingerprint density at radius 3 is 2.65 bits per heavy atom. The Hall–Kier alpha value is -3.07. The van der Waals surface area contributed by atoms with Gasteiger partial charge in [-0.05, 0) is 35.0 Å². The largest absolute Gasteiger partial charge is 0.431 e. The van der Waals surface area contributed by atoms with Crippen LogP contribution in [0.25, 0.3) is 11.4 Å². The van der Waals surface area contributed by atoms with Crippen molar-refractivity contribution in [2.75, 3.05) is 4.90 Å². The minimum atomic E-state index is -3.34. The second-order valence-corrected chi connectivity index (χ2v) is 7.61. The van der Waals surface area contributed by atoms with Gasteiger partial charge < -0.3 is 9.64 Å². The summed E-state index contributed by atoms with van der Waals surface area (Å²) in [4.78, 5) is 14.2. The molecule has 0 aliphatic heterocycles. The third kappa shape index (κ3) is 5.35. The molecule has 31 heavy (non-hydrogen) atoms. The number of halogens is 3. The van der Waals surface area contributed by atoms with E-state index in [2.05, 4.69) is 20.6 Å². The average molecular weight is 450 g/mol. The van der Waals surface area contributed by atoms with E-state index in [0.717, 1.165) is 0 Å². The highest BCUT2D eigenvalue weighted by Gasteiger charge is 2.36. The van der Waals surface area contributed by atoms with Crippen molar-refractivity contribution in [3.63, 3.8) is 0 Å². The first-order chi connectivity index (χ1) is 14.7. The van der Waals surface area contributed by atoms with Crippen molar-refractivity contribution in [1.82, 2.24) is 20.6 Å². The molecule has 2 aromatic carbocycles. The number of H-pyrrole nitrogens is 1. The van der Waals surface area contributed by atoms with E-state index in [1.165, 1.54) is 26.0 Å². The molecule has 1 heterocycles. The van der Waals surface area contributed by atoms with E-state index in [-0.39, 0.29) is 29.6 Å². The van der Waals surface area contributed by atoms with Crippen molar-refractivity contribution in [3.8, 4) is 17.1 Å². The molecule has 3 rings (SSSR count). The van der Waals surface area contributed by atoms with Crippen LogP contribution in [0, 0.1) is 5.92 Å². The van der Waals surface area contributed by atoms with Gasteiger partial charge in [0.15, 0.2) is 0 Å². The molecular weight excluding hydrogens is 428 g/mol. The fourth-order valence-electron chi connectivity index (χ4n) is 2.78. The third-order valence-corrected chi connectivity index (χ3v) is 4.92. The highest BCUT2D eigenvalue weighted by atomic mass is 35.5. The number of nitrogens with zero attached hydrogens (tertiary/aromatic N) is 4. The molecule has 0 saturated carbocycles. The van der Waals surface area contributed by atoms with E-state index >= 15 is 0 Å². The number of hydrogen-bond acceptors (Lipinski definition) is 5. The van der Waals surface area contributed by atoms with Gasteiger partial charge in [-0.1, -0.05) is 50.6 Å². The first-order valence-electron chi connectivity index (χ1n) is 9.70. The van der Waals surface area contributed by atoms with Gasteiger partial charge in [0.1, 0.15) is 5.75 Å². The molecule has 1 N–H and O–H groups in total. The van der Waals surface area contributed by atoms with E-state index in [9.17, 15) is 13.6 Å². The van der Waals surface area contributed by atoms with Crippen LogP contribution in [0.15, 0.2) is 42.5 Å². The predicted molar refractivity (Wildman–Crippen MR) is 113 cm³/mol. The van der Waals surface area contributed by atoms with Crippen LogP contribution in [0.2, 0.25) is 5.02 Å². The van der Waals surface area contributed by atoms with E-state index in [1.54, 1.807) is 42.2 Å².